The van der Waals surface area contributed by atoms with Gasteiger partial charge in [-0.1, -0.05) is 18.2 Å². The number of thiophene rings is 1. The van der Waals surface area contributed by atoms with Gasteiger partial charge < -0.3 is 10.6 Å². The molecule has 1 fully saturated rings. The molecule has 1 aromatic heterocycles. The van der Waals surface area contributed by atoms with Gasteiger partial charge in [-0.05, 0) is 18.2 Å². The van der Waals surface area contributed by atoms with Crippen molar-refractivity contribution in [1.82, 2.24) is 9.80 Å². The van der Waals surface area contributed by atoms with E-state index in [9.17, 15) is 9.18 Å². The van der Waals surface area contributed by atoms with Crippen molar-refractivity contribution in [2.75, 3.05) is 32.7 Å². The number of hydrogen-bond donors (Lipinski definition) is 1. The number of carbonyl (C=O) groups excluding carboxylic acids is 1. The summed E-state index contributed by atoms with van der Waals surface area (Å²) in [7, 11) is 0. The third-order valence-electron chi connectivity index (χ3n) is 4.26. The first kappa shape index (κ1) is 19.8. The molecular formula is C18H23ClFN3OS. The molecule has 0 aliphatic carbocycles. The first-order valence-electron chi connectivity index (χ1n) is 8.21. The molecule has 136 valence electrons. The lowest BCUT2D eigenvalue weighted by Gasteiger charge is -2.34. The Morgan fingerprint density at radius 1 is 1.12 bits per heavy atom. The molecule has 0 spiro atoms. The van der Waals surface area contributed by atoms with E-state index in [2.05, 4.69) is 11.0 Å². The molecule has 3 rings (SSSR count). The van der Waals surface area contributed by atoms with E-state index in [4.69, 9.17) is 5.73 Å². The van der Waals surface area contributed by atoms with Gasteiger partial charge >= 0.3 is 0 Å². The predicted octanol–water partition coefficient (Wildman–Crippen LogP) is 2.97. The molecule has 1 amide bonds. The minimum Gasteiger partial charge on any atom is -0.340 e. The van der Waals surface area contributed by atoms with Crippen molar-refractivity contribution in [1.29, 1.82) is 0 Å². The molecule has 4 nitrogen and oxygen atoms in total. The third-order valence-corrected chi connectivity index (χ3v) is 5.37. The van der Waals surface area contributed by atoms with Crippen LogP contribution in [-0.4, -0.2) is 48.4 Å². The van der Waals surface area contributed by atoms with E-state index in [-0.39, 0.29) is 24.1 Å². The van der Waals surface area contributed by atoms with E-state index in [0.29, 0.717) is 18.5 Å². The van der Waals surface area contributed by atoms with Crippen molar-refractivity contribution in [3.8, 4) is 10.4 Å². The Balaban J connectivity index is 0.00000225. The molecule has 7 heteroatoms. The number of piperazine rings is 1. The zero-order valence-electron chi connectivity index (χ0n) is 14.0. The summed E-state index contributed by atoms with van der Waals surface area (Å²) < 4.78 is 13.9. The van der Waals surface area contributed by atoms with Crippen molar-refractivity contribution >= 4 is 29.7 Å². The quantitative estimate of drug-likeness (QED) is 0.863. The molecular weight excluding hydrogens is 361 g/mol. The molecule has 1 aromatic carbocycles. The van der Waals surface area contributed by atoms with Gasteiger partial charge in [0.25, 0.3) is 0 Å². The van der Waals surface area contributed by atoms with Crippen molar-refractivity contribution in [2.45, 2.75) is 13.0 Å². The summed E-state index contributed by atoms with van der Waals surface area (Å²) in [6.07, 6.45) is 0.428. The lowest BCUT2D eigenvalue weighted by atomic mass is 10.2. The second-order valence-electron chi connectivity index (χ2n) is 5.94. The number of carbonyl (C=O) groups is 1. The summed E-state index contributed by atoms with van der Waals surface area (Å²) in [5.74, 6) is -0.0342. The normalized spacial score (nSPS) is 15.0. The Hall–Kier alpha value is -1.47. The fourth-order valence-corrected chi connectivity index (χ4v) is 4.00. The number of hydrogen-bond acceptors (Lipinski definition) is 4. The lowest BCUT2D eigenvalue weighted by molar-refractivity contribution is -0.132. The summed E-state index contributed by atoms with van der Waals surface area (Å²) in [5.41, 5.74) is 6.10. The Bertz CT molecular complexity index is 701. The fourth-order valence-electron chi connectivity index (χ4n) is 2.93. The molecule has 2 heterocycles. The maximum absolute atomic E-state index is 13.9. The molecule has 25 heavy (non-hydrogen) atoms. The van der Waals surface area contributed by atoms with Crippen LogP contribution in [0, 0.1) is 5.82 Å². The third kappa shape index (κ3) is 5.01. The number of rotatable bonds is 5. The molecule has 0 bridgehead atoms. The SMILES string of the molecule is Cl.NCCC(=O)N1CCN(Cc2ccc(-c3ccccc3F)s2)CC1. The molecule has 2 N–H and O–H groups in total. The number of nitrogens with two attached hydrogens (primary N) is 1. The average molecular weight is 384 g/mol. The summed E-state index contributed by atoms with van der Waals surface area (Å²) in [6, 6.07) is 10.9. The van der Waals surface area contributed by atoms with Gasteiger partial charge in [0.05, 0.1) is 0 Å². The van der Waals surface area contributed by atoms with Gasteiger partial charge in [-0.2, -0.15) is 0 Å². The van der Waals surface area contributed by atoms with Crippen LogP contribution >= 0.6 is 23.7 Å². The lowest BCUT2D eigenvalue weighted by Crippen LogP contribution is -2.48. The van der Waals surface area contributed by atoms with Crippen LogP contribution in [0.1, 0.15) is 11.3 Å². The number of nitrogens with zero attached hydrogens (tertiary/aromatic N) is 2. The zero-order chi connectivity index (χ0) is 16.9. The first-order chi connectivity index (χ1) is 11.7. The van der Waals surface area contributed by atoms with Crippen LogP contribution in [0.3, 0.4) is 0 Å². The van der Waals surface area contributed by atoms with Crippen LogP contribution in [0.4, 0.5) is 4.39 Å². The van der Waals surface area contributed by atoms with Crippen molar-refractivity contribution in [3.63, 3.8) is 0 Å². The van der Waals surface area contributed by atoms with Gasteiger partial charge in [-0.3, -0.25) is 9.69 Å². The minimum atomic E-state index is -0.182. The van der Waals surface area contributed by atoms with Crippen LogP contribution < -0.4 is 5.73 Å². The van der Waals surface area contributed by atoms with Crippen molar-refractivity contribution in [3.05, 3.63) is 47.1 Å². The summed E-state index contributed by atoms with van der Waals surface area (Å²) in [6.45, 7) is 4.49. The molecule has 1 saturated heterocycles. The van der Waals surface area contributed by atoms with E-state index in [0.717, 1.165) is 37.6 Å². The highest BCUT2D eigenvalue weighted by atomic mass is 35.5. The van der Waals surface area contributed by atoms with Crippen LogP contribution in [0.2, 0.25) is 0 Å². The van der Waals surface area contributed by atoms with Gasteiger partial charge in [-0.25, -0.2) is 4.39 Å². The maximum atomic E-state index is 13.9. The maximum Gasteiger partial charge on any atom is 0.223 e. The van der Waals surface area contributed by atoms with Crippen LogP contribution in [-0.2, 0) is 11.3 Å². The summed E-state index contributed by atoms with van der Waals surface area (Å²) >= 11 is 1.63. The van der Waals surface area contributed by atoms with Gasteiger partial charge in [0.1, 0.15) is 5.82 Å². The molecule has 1 aliphatic heterocycles. The smallest absolute Gasteiger partial charge is 0.223 e. The molecule has 0 atom stereocenters. The first-order valence-corrected chi connectivity index (χ1v) is 9.03. The van der Waals surface area contributed by atoms with Gasteiger partial charge in [-0.15, -0.1) is 23.7 Å². The molecule has 0 saturated carbocycles. The molecule has 2 aromatic rings. The molecule has 1 aliphatic rings. The van der Waals surface area contributed by atoms with Gasteiger partial charge in [0, 0.05) is 61.0 Å². The highest BCUT2D eigenvalue weighted by molar-refractivity contribution is 7.15. The van der Waals surface area contributed by atoms with Gasteiger partial charge in [0.15, 0.2) is 0 Å². The Labute approximate surface area is 157 Å². The largest absolute Gasteiger partial charge is 0.340 e. The number of halogens is 2. The highest BCUT2D eigenvalue weighted by Gasteiger charge is 2.21. The van der Waals surface area contributed by atoms with E-state index in [1.165, 1.54) is 10.9 Å². The van der Waals surface area contributed by atoms with Crippen molar-refractivity contribution in [2.24, 2.45) is 5.73 Å². The Morgan fingerprint density at radius 2 is 1.84 bits per heavy atom. The van der Waals surface area contributed by atoms with Gasteiger partial charge in [0.2, 0.25) is 5.91 Å². The zero-order valence-corrected chi connectivity index (χ0v) is 15.6. The second kappa shape index (κ2) is 9.29. The predicted molar refractivity (Wildman–Crippen MR) is 102 cm³/mol. The van der Waals surface area contributed by atoms with Crippen molar-refractivity contribution < 1.29 is 9.18 Å². The number of amides is 1. The summed E-state index contributed by atoms with van der Waals surface area (Å²) in [5, 5.41) is 0. The number of benzene rings is 1. The Kier molecular flexibility index (Phi) is 7.38. The summed E-state index contributed by atoms with van der Waals surface area (Å²) in [4.78, 5) is 18.3. The highest BCUT2D eigenvalue weighted by Crippen LogP contribution is 2.30. The van der Waals surface area contributed by atoms with Crippen LogP contribution in [0.25, 0.3) is 10.4 Å². The standard InChI is InChI=1S/C18H22FN3OS.ClH/c19-16-4-2-1-3-15(16)17-6-5-14(24-17)13-21-9-11-22(12-10-21)18(23)7-8-20;/h1-6H,7-13,20H2;1H. The van der Waals surface area contributed by atoms with E-state index < -0.39 is 0 Å². The van der Waals surface area contributed by atoms with Crippen LogP contribution in [0.5, 0.6) is 0 Å². The topological polar surface area (TPSA) is 49.6 Å². The van der Waals surface area contributed by atoms with E-state index >= 15 is 0 Å². The molecule has 0 unspecified atom stereocenters. The molecule has 0 radical (unpaired) electrons. The average Bonchev–Trinajstić information content (AvgIpc) is 3.04. The monoisotopic (exact) mass is 383 g/mol. The van der Waals surface area contributed by atoms with E-state index in [1.807, 2.05) is 23.1 Å². The minimum absolute atomic E-state index is 0. The fraction of sp³-hybridized carbons (Fsp3) is 0.389. The Morgan fingerprint density at radius 3 is 2.52 bits per heavy atom. The van der Waals surface area contributed by atoms with Crippen LogP contribution in [0.15, 0.2) is 36.4 Å². The second-order valence-corrected chi connectivity index (χ2v) is 7.11. The van der Waals surface area contributed by atoms with E-state index in [1.54, 1.807) is 17.4 Å².